The number of hydrogen-bond donors (Lipinski definition) is 0. The van der Waals surface area contributed by atoms with E-state index in [1.807, 2.05) is 19.2 Å². The minimum atomic E-state index is 0.157. The molecule has 0 aliphatic carbocycles. The highest BCUT2D eigenvalue weighted by atomic mass is 32.1. The highest BCUT2D eigenvalue weighted by Crippen LogP contribution is 2.09. The fourth-order valence-electron chi connectivity index (χ4n) is 0.895. The molecule has 0 N–H and O–H groups in total. The van der Waals surface area contributed by atoms with Gasteiger partial charge in [-0.2, -0.15) is 0 Å². The maximum absolute atomic E-state index is 11.2. The molecule has 0 bridgehead atoms. The molecular weight excluding hydrogens is 170 g/mol. The number of thiazole rings is 1. The van der Waals surface area contributed by atoms with Crippen LogP contribution in [0.1, 0.15) is 25.3 Å². The van der Waals surface area contributed by atoms with Crippen LogP contribution in [-0.4, -0.2) is 10.8 Å². The molecule has 0 aromatic carbocycles. The molecule has 2 nitrogen and oxygen atoms in total. The molecule has 0 radical (unpaired) electrons. The zero-order valence-electron chi connectivity index (χ0n) is 7.41. The van der Waals surface area contributed by atoms with Gasteiger partial charge in [-0.15, -0.1) is 11.3 Å². The monoisotopic (exact) mass is 183 g/mol. The van der Waals surface area contributed by atoms with E-state index < -0.39 is 0 Å². The Hall–Kier alpha value is -0.700. The van der Waals surface area contributed by atoms with Crippen molar-refractivity contribution in [2.75, 3.05) is 0 Å². The fourth-order valence-corrected chi connectivity index (χ4v) is 1.52. The highest BCUT2D eigenvalue weighted by molar-refractivity contribution is 7.09. The van der Waals surface area contributed by atoms with Crippen molar-refractivity contribution in [1.29, 1.82) is 0 Å². The number of nitrogens with zero attached hydrogens (tertiary/aromatic N) is 1. The number of Topliss-reactive ketones (excluding diaryl/α,β-unsaturated/α-hetero) is 1. The van der Waals surface area contributed by atoms with E-state index >= 15 is 0 Å². The number of hydrogen-bond acceptors (Lipinski definition) is 3. The van der Waals surface area contributed by atoms with E-state index in [4.69, 9.17) is 0 Å². The fraction of sp³-hybridized carbons (Fsp3) is 0.556. The lowest BCUT2D eigenvalue weighted by molar-refractivity contribution is -0.121. The van der Waals surface area contributed by atoms with Gasteiger partial charge in [0, 0.05) is 30.3 Å². The summed E-state index contributed by atoms with van der Waals surface area (Å²) in [6, 6.07) is 0. The number of aryl methyl sites for hydroxylation is 1. The summed E-state index contributed by atoms with van der Waals surface area (Å²) in [4.78, 5) is 15.3. The second kappa shape index (κ2) is 4.36. The number of carbonyl (C=O) groups excluding carboxylic acids is 1. The summed E-state index contributed by atoms with van der Waals surface area (Å²) >= 11 is 1.61. The van der Waals surface area contributed by atoms with Crippen LogP contribution >= 0.6 is 11.3 Å². The molecule has 0 aliphatic heterocycles. The zero-order chi connectivity index (χ0) is 8.97. The van der Waals surface area contributed by atoms with Gasteiger partial charge in [-0.1, -0.05) is 13.8 Å². The molecule has 66 valence electrons. The molecule has 0 spiro atoms. The standard InChI is InChI=1S/C9H13NOS/c1-7(2)8(11)3-4-9-10-5-6-12-9/h5-7H,3-4H2,1-2H3. The Morgan fingerprint density at radius 3 is 2.92 bits per heavy atom. The van der Waals surface area contributed by atoms with Crippen LogP contribution < -0.4 is 0 Å². The van der Waals surface area contributed by atoms with Gasteiger partial charge in [0.05, 0.1) is 5.01 Å². The van der Waals surface area contributed by atoms with Crippen molar-refractivity contribution in [1.82, 2.24) is 4.98 Å². The number of rotatable bonds is 4. The minimum Gasteiger partial charge on any atom is -0.299 e. The van der Waals surface area contributed by atoms with Crippen LogP contribution in [0.2, 0.25) is 0 Å². The minimum absolute atomic E-state index is 0.157. The Morgan fingerprint density at radius 1 is 1.67 bits per heavy atom. The molecule has 1 aromatic rings. The Labute approximate surface area is 76.6 Å². The quantitative estimate of drug-likeness (QED) is 0.717. The van der Waals surface area contributed by atoms with Gasteiger partial charge >= 0.3 is 0 Å². The third-order valence-electron chi connectivity index (χ3n) is 1.71. The first kappa shape index (κ1) is 9.39. The molecule has 0 unspecified atom stereocenters. The first-order valence-electron chi connectivity index (χ1n) is 4.11. The molecule has 3 heteroatoms. The van der Waals surface area contributed by atoms with Crippen LogP contribution in [0.4, 0.5) is 0 Å². The summed E-state index contributed by atoms with van der Waals surface area (Å²) < 4.78 is 0. The predicted octanol–water partition coefficient (Wildman–Crippen LogP) is 2.30. The molecule has 1 heterocycles. The van der Waals surface area contributed by atoms with Crippen molar-refractivity contribution in [3.8, 4) is 0 Å². The molecule has 0 fully saturated rings. The van der Waals surface area contributed by atoms with Crippen LogP contribution in [0.25, 0.3) is 0 Å². The third-order valence-corrected chi connectivity index (χ3v) is 2.55. The largest absolute Gasteiger partial charge is 0.299 e. The van der Waals surface area contributed by atoms with E-state index in [1.54, 1.807) is 17.5 Å². The molecular formula is C9H13NOS. The van der Waals surface area contributed by atoms with Gasteiger partial charge in [0.15, 0.2) is 0 Å². The van der Waals surface area contributed by atoms with Gasteiger partial charge < -0.3 is 0 Å². The van der Waals surface area contributed by atoms with Crippen LogP contribution in [-0.2, 0) is 11.2 Å². The summed E-state index contributed by atoms with van der Waals surface area (Å²) in [6.45, 7) is 3.87. The van der Waals surface area contributed by atoms with Gasteiger partial charge in [0.25, 0.3) is 0 Å². The van der Waals surface area contributed by atoms with Gasteiger partial charge in [0.2, 0.25) is 0 Å². The first-order valence-corrected chi connectivity index (χ1v) is 4.99. The zero-order valence-corrected chi connectivity index (χ0v) is 8.23. The Morgan fingerprint density at radius 2 is 2.42 bits per heavy atom. The van der Waals surface area contributed by atoms with Gasteiger partial charge in [-0.25, -0.2) is 4.98 Å². The molecule has 1 aromatic heterocycles. The molecule has 1 rings (SSSR count). The lowest BCUT2D eigenvalue weighted by Gasteiger charge is -2.00. The van der Waals surface area contributed by atoms with E-state index in [0.29, 0.717) is 12.2 Å². The van der Waals surface area contributed by atoms with Crippen molar-refractivity contribution < 1.29 is 4.79 Å². The van der Waals surface area contributed by atoms with E-state index in [1.165, 1.54) is 0 Å². The Kier molecular flexibility index (Phi) is 3.41. The average Bonchev–Trinajstić information content (AvgIpc) is 2.51. The van der Waals surface area contributed by atoms with Crippen molar-refractivity contribution in [3.05, 3.63) is 16.6 Å². The van der Waals surface area contributed by atoms with Crippen LogP contribution in [0.15, 0.2) is 11.6 Å². The average molecular weight is 183 g/mol. The topological polar surface area (TPSA) is 30.0 Å². The maximum atomic E-state index is 11.2. The molecule has 0 saturated heterocycles. The molecule has 0 atom stereocenters. The Balaban J connectivity index is 2.32. The summed E-state index contributed by atoms with van der Waals surface area (Å²) in [7, 11) is 0. The second-order valence-electron chi connectivity index (χ2n) is 3.05. The molecule has 0 saturated carbocycles. The van der Waals surface area contributed by atoms with Crippen LogP contribution in [0.3, 0.4) is 0 Å². The van der Waals surface area contributed by atoms with E-state index in [2.05, 4.69) is 4.98 Å². The third kappa shape index (κ3) is 2.74. The van der Waals surface area contributed by atoms with Crippen molar-refractivity contribution in [2.24, 2.45) is 5.92 Å². The normalized spacial score (nSPS) is 10.6. The van der Waals surface area contributed by atoms with Gasteiger partial charge in [-0.3, -0.25) is 4.79 Å². The highest BCUT2D eigenvalue weighted by Gasteiger charge is 2.07. The van der Waals surface area contributed by atoms with E-state index in [0.717, 1.165) is 11.4 Å². The number of carbonyl (C=O) groups is 1. The van der Waals surface area contributed by atoms with E-state index in [9.17, 15) is 4.79 Å². The van der Waals surface area contributed by atoms with E-state index in [-0.39, 0.29) is 5.92 Å². The van der Waals surface area contributed by atoms with Crippen molar-refractivity contribution >= 4 is 17.1 Å². The number of aromatic nitrogens is 1. The first-order chi connectivity index (χ1) is 5.70. The molecule has 12 heavy (non-hydrogen) atoms. The maximum Gasteiger partial charge on any atom is 0.135 e. The van der Waals surface area contributed by atoms with Crippen molar-refractivity contribution in [2.45, 2.75) is 26.7 Å². The summed E-state index contributed by atoms with van der Waals surface area (Å²) in [6.07, 6.45) is 3.21. The SMILES string of the molecule is CC(C)C(=O)CCc1nccs1. The predicted molar refractivity (Wildman–Crippen MR) is 50.3 cm³/mol. The smallest absolute Gasteiger partial charge is 0.135 e. The second-order valence-corrected chi connectivity index (χ2v) is 4.03. The lowest BCUT2D eigenvalue weighted by Crippen LogP contribution is -2.07. The summed E-state index contributed by atoms with van der Waals surface area (Å²) in [5.41, 5.74) is 0. The van der Waals surface area contributed by atoms with Gasteiger partial charge in [-0.05, 0) is 0 Å². The van der Waals surface area contributed by atoms with Crippen molar-refractivity contribution in [3.63, 3.8) is 0 Å². The van der Waals surface area contributed by atoms with Crippen LogP contribution in [0.5, 0.6) is 0 Å². The number of ketones is 1. The summed E-state index contributed by atoms with van der Waals surface area (Å²) in [5.74, 6) is 0.482. The van der Waals surface area contributed by atoms with Gasteiger partial charge in [0.1, 0.15) is 5.78 Å². The lowest BCUT2D eigenvalue weighted by atomic mass is 10.1. The molecule has 0 aliphatic rings. The Bertz CT molecular complexity index is 241. The molecule has 0 amide bonds. The van der Waals surface area contributed by atoms with Crippen LogP contribution in [0, 0.1) is 5.92 Å². The summed E-state index contributed by atoms with van der Waals surface area (Å²) in [5, 5.41) is 3.00.